The standard InChI is InChI=1S/C16H13Cl2N3O2/c1-10-4-2-5-11(8-10)20-15(22)16(23)21-19-9-12-13(17)6-3-7-14(12)18/h2-9H,1H3,(H,20,22)(H,21,23). The van der Waals surface area contributed by atoms with Crippen molar-refractivity contribution in [2.75, 3.05) is 5.32 Å². The smallest absolute Gasteiger partial charge is 0.318 e. The van der Waals surface area contributed by atoms with E-state index in [1.54, 1.807) is 36.4 Å². The van der Waals surface area contributed by atoms with Crippen LogP contribution in [0.4, 0.5) is 5.69 Å². The third-order valence-electron chi connectivity index (χ3n) is 2.84. The lowest BCUT2D eigenvalue weighted by Crippen LogP contribution is -2.32. The van der Waals surface area contributed by atoms with Gasteiger partial charge in [0.25, 0.3) is 0 Å². The molecule has 0 radical (unpaired) electrons. The van der Waals surface area contributed by atoms with Crippen molar-refractivity contribution in [3.8, 4) is 0 Å². The van der Waals surface area contributed by atoms with Crippen LogP contribution in [0.25, 0.3) is 0 Å². The Morgan fingerprint density at radius 2 is 1.70 bits per heavy atom. The van der Waals surface area contributed by atoms with Crippen LogP contribution in [0.15, 0.2) is 47.6 Å². The molecule has 5 nitrogen and oxygen atoms in total. The second-order valence-electron chi connectivity index (χ2n) is 4.66. The van der Waals surface area contributed by atoms with Crippen LogP contribution >= 0.6 is 23.2 Å². The van der Waals surface area contributed by atoms with E-state index in [-0.39, 0.29) is 0 Å². The Balaban J connectivity index is 1.96. The Morgan fingerprint density at radius 1 is 1.04 bits per heavy atom. The van der Waals surface area contributed by atoms with E-state index in [1.807, 2.05) is 13.0 Å². The number of rotatable bonds is 3. The Kier molecular flexibility index (Phi) is 5.73. The van der Waals surface area contributed by atoms with Crippen molar-refractivity contribution in [3.63, 3.8) is 0 Å². The van der Waals surface area contributed by atoms with Crippen LogP contribution < -0.4 is 10.7 Å². The predicted molar refractivity (Wildman–Crippen MR) is 92.0 cm³/mol. The normalized spacial score (nSPS) is 10.6. The van der Waals surface area contributed by atoms with Gasteiger partial charge in [0.1, 0.15) is 0 Å². The molecule has 2 amide bonds. The number of aryl methyl sites for hydroxylation is 1. The first-order valence-corrected chi connectivity index (χ1v) is 7.38. The molecule has 0 aliphatic carbocycles. The molecule has 0 spiro atoms. The summed E-state index contributed by atoms with van der Waals surface area (Å²) in [4.78, 5) is 23.4. The minimum atomic E-state index is -0.897. The van der Waals surface area contributed by atoms with Gasteiger partial charge in [0.05, 0.1) is 16.3 Å². The maximum Gasteiger partial charge on any atom is 0.329 e. The lowest BCUT2D eigenvalue weighted by atomic mass is 10.2. The number of nitrogens with zero attached hydrogens (tertiary/aromatic N) is 1. The number of hydrogen-bond donors (Lipinski definition) is 2. The predicted octanol–water partition coefficient (Wildman–Crippen LogP) is 3.39. The highest BCUT2D eigenvalue weighted by Gasteiger charge is 2.13. The number of benzene rings is 2. The molecule has 118 valence electrons. The first-order valence-electron chi connectivity index (χ1n) is 6.62. The zero-order valence-electron chi connectivity index (χ0n) is 12.1. The van der Waals surface area contributed by atoms with Crippen molar-refractivity contribution in [2.24, 2.45) is 5.10 Å². The molecule has 0 saturated carbocycles. The summed E-state index contributed by atoms with van der Waals surface area (Å²) in [7, 11) is 0. The molecule has 2 aromatic carbocycles. The second kappa shape index (κ2) is 7.76. The van der Waals surface area contributed by atoms with Crippen LogP contribution in [0.3, 0.4) is 0 Å². The number of anilines is 1. The van der Waals surface area contributed by atoms with Crippen molar-refractivity contribution in [1.82, 2.24) is 5.43 Å². The van der Waals surface area contributed by atoms with E-state index in [9.17, 15) is 9.59 Å². The Morgan fingerprint density at radius 3 is 2.35 bits per heavy atom. The lowest BCUT2D eigenvalue weighted by Gasteiger charge is -2.05. The molecular weight excluding hydrogens is 337 g/mol. The highest BCUT2D eigenvalue weighted by molar-refractivity contribution is 6.40. The molecule has 0 unspecified atom stereocenters. The fraction of sp³-hybridized carbons (Fsp3) is 0.0625. The topological polar surface area (TPSA) is 70.6 Å². The average Bonchev–Trinajstić information content (AvgIpc) is 2.50. The molecule has 23 heavy (non-hydrogen) atoms. The molecule has 0 heterocycles. The molecule has 0 saturated heterocycles. The molecule has 0 aliphatic rings. The van der Waals surface area contributed by atoms with E-state index in [0.717, 1.165) is 5.56 Å². The summed E-state index contributed by atoms with van der Waals surface area (Å²) in [5, 5.41) is 6.94. The molecule has 0 aromatic heterocycles. The van der Waals surface area contributed by atoms with Gasteiger partial charge in [-0.15, -0.1) is 0 Å². The Hall–Kier alpha value is -2.37. The molecule has 7 heteroatoms. The van der Waals surface area contributed by atoms with Gasteiger partial charge in [-0.1, -0.05) is 41.4 Å². The van der Waals surface area contributed by atoms with Crippen molar-refractivity contribution in [2.45, 2.75) is 6.92 Å². The van der Waals surface area contributed by atoms with E-state index in [0.29, 0.717) is 21.3 Å². The summed E-state index contributed by atoms with van der Waals surface area (Å²) in [5.74, 6) is -1.72. The number of halogens is 2. The summed E-state index contributed by atoms with van der Waals surface area (Å²) in [6.45, 7) is 1.88. The monoisotopic (exact) mass is 349 g/mol. The number of hydrazone groups is 1. The quantitative estimate of drug-likeness (QED) is 0.506. The zero-order valence-corrected chi connectivity index (χ0v) is 13.7. The number of carbonyl (C=O) groups is 2. The van der Waals surface area contributed by atoms with E-state index in [4.69, 9.17) is 23.2 Å². The van der Waals surface area contributed by atoms with Crippen molar-refractivity contribution >= 4 is 46.9 Å². The molecule has 0 aliphatic heterocycles. The van der Waals surface area contributed by atoms with Gasteiger partial charge in [-0.3, -0.25) is 9.59 Å². The van der Waals surface area contributed by atoms with E-state index in [1.165, 1.54) is 6.21 Å². The van der Waals surface area contributed by atoms with E-state index < -0.39 is 11.8 Å². The van der Waals surface area contributed by atoms with Crippen molar-refractivity contribution in [1.29, 1.82) is 0 Å². The number of carbonyl (C=O) groups excluding carboxylic acids is 2. The number of hydrogen-bond acceptors (Lipinski definition) is 3. The van der Waals surface area contributed by atoms with Crippen LogP contribution in [0, 0.1) is 6.92 Å². The maximum absolute atomic E-state index is 11.8. The summed E-state index contributed by atoms with van der Waals surface area (Å²) in [5.41, 5.74) is 4.07. The van der Waals surface area contributed by atoms with Crippen LogP contribution in [0.5, 0.6) is 0 Å². The van der Waals surface area contributed by atoms with Crippen molar-refractivity contribution in [3.05, 3.63) is 63.6 Å². The van der Waals surface area contributed by atoms with Gasteiger partial charge in [-0.05, 0) is 36.8 Å². The average molecular weight is 350 g/mol. The van der Waals surface area contributed by atoms with Gasteiger partial charge in [0.15, 0.2) is 0 Å². The highest BCUT2D eigenvalue weighted by Crippen LogP contribution is 2.21. The maximum atomic E-state index is 11.8. The van der Waals surface area contributed by atoms with E-state index >= 15 is 0 Å². The molecule has 0 bridgehead atoms. The third kappa shape index (κ3) is 4.81. The molecular formula is C16H13Cl2N3O2. The van der Waals surface area contributed by atoms with Gasteiger partial charge in [-0.25, -0.2) is 5.43 Å². The molecule has 2 rings (SSSR count). The van der Waals surface area contributed by atoms with Crippen molar-refractivity contribution < 1.29 is 9.59 Å². The van der Waals surface area contributed by atoms with E-state index in [2.05, 4.69) is 15.8 Å². The van der Waals surface area contributed by atoms with Crippen LogP contribution in [-0.4, -0.2) is 18.0 Å². The summed E-state index contributed by atoms with van der Waals surface area (Å²) >= 11 is 11.9. The molecule has 0 fully saturated rings. The first kappa shape index (κ1) is 17.0. The fourth-order valence-corrected chi connectivity index (χ4v) is 2.25. The largest absolute Gasteiger partial charge is 0.329 e. The van der Waals surface area contributed by atoms with Gasteiger partial charge in [-0.2, -0.15) is 5.10 Å². The Labute approximate surface area is 143 Å². The molecule has 2 N–H and O–H groups in total. The first-order chi connectivity index (χ1) is 11.0. The van der Waals surface area contributed by atoms with Crippen LogP contribution in [-0.2, 0) is 9.59 Å². The minimum absolute atomic E-state index is 0.389. The highest BCUT2D eigenvalue weighted by atomic mass is 35.5. The fourth-order valence-electron chi connectivity index (χ4n) is 1.75. The summed E-state index contributed by atoms with van der Waals surface area (Å²) in [6.07, 6.45) is 1.28. The molecule has 0 atom stereocenters. The van der Waals surface area contributed by atoms with Gasteiger partial charge < -0.3 is 5.32 Å². The number of nitrogens with one attached hydrogen (secondary N) is 2. The van der Waals surface area contributed by atoms with Gasteiger partial charge in [0, 0.05) is 11.3 Å². The summed E-state index contributed by atoms with van der Waals surface area (Å²) in [6, 6.07) is 12.1. The summed E-state index contributed by atoms with van der Waals surface area (Å²) < 4.78 is 0. The van der Waals surface area contributed by atoms with Crippen LogP contribution in [0.2, 0.25) is 10.0 Å². The zero-order chi connectivity index (χ0) is 16.8. The number of amides is 2. The van der Waals surface area contributed by atoms with Gasteiger partial charge >= 0.3 is 11.8 Å². The molecule has 2 aromatic rings. The Bertz CT molecular complexity index is 755. The van der Waals surface area contributed by atoms with Crippen LogP contribution in [0.1, 0.15) is 11.1 Å². The lowest BCUT2D eigenvalue weighted by molar-refractivity contribution is -0.136. The van der Waals surface area contributed by atoms with Gasteiger partial charge in [0.2, 0.25) is 0 Å². The minimum Gasteiger partial charge on any atom is -0.318 e. The third-order valence-corrected chi connectivity index (χ3v) is 3.50. The second-order valence-corrected chi connectivity index (χ2v) is 5.47. The SMILES string of the molecule is Cc1cccc(NC(=O)C(=O)NN=Cc2c(Cl)cccc2Cl)c1.